The molecule has 7 heteroatoms. The standard InChI is InChI=1S/C23H38N6O/c1-3-24-23(25-11-5-13-29-12-4-6-22(29)30)26-18-20-7-9-21(10-8-20)19-28-16-14-27(2)15-17-28/h7-10H,3-6,11-19H2,1-2H3,(H2,24,25,26). The number of likely N-dealkylation sites (N-methyl/N-ethyl adjacent to an activating group) is 1. The zero-order valence-electron chi connectivity index (χ0n) is 18.7. The van der Waals surface area contributed by atoms with Gasteiger partial charge in [0.1, 0.15) is 0 Å². The number of hydrogen-bond donors (Lipinski definition) is 2. The van der Waals surface area contributed by atoms with E-state index in [1.165, 1.54) is 11.1 Å². The quantitative estimate of drug-likeness (QED) is 0.364. The van der Waals surface area contributed by atoms with E-state index in [0.29, 0.717) is 18.9 Å². The number of nitrogens with zero attached hydrogens (tertiary/aromatic N) is 4. The van der Waals surface area contributed by atoms with Crippen LogP contribution in [0.2, 0.25) is 0 Å². The minimum absolute atomic E-state index is 0.298. The summed E-state index contributed by atoms with van der Waals surface area (Å²) < 4.78 is 0. The average Bonchev–Trinajstić information content (AvgIpc) is 3.16. The van der Waals surface area contributed by atoms with Crippen LogP contribution < -0.4 is 10.6 Å². The fourth-order valence-electron chi connectivity index (χ4n) is 3.94. The number of likely N-dealkylation sites (tertiary alicyclic amines) is 1. The third-order valence-corrected chi connectivity index (χ3v) is 5.86. The van der Waals surface area contributed by atoms with Crippen molar-refractivity contribution >= 4 is 11.9 Å². The van der Waals surface area contributed by atoms with E-state index in [4.69, 9.17) is 4.99 Å². The molecular weight excluding hydrogens is 376 g/mol. The number of amides is 1. The number of hydrogen-bond acceptors (Lipinski definition) is 4. The highest BCUT2D eigenvalue weighted by molar-refractivity contribution is 5.79. The molecule has 1 aromatic carbocycles. The summed E-state index contributed by atoms with van der Waals surface area (Å²) in [4.78, 5) is 23.3. The van der Waals surface area contributed by atoms with E-state index in [1.807, 2.05) is 4.90 Å². The third kappa shape index (κ3) is 7.29. The molecule has 2 N–H and O–H groups in total. The van der Waals surface area contributed by atoms with Gasteiger partial charge in [-0.15, -0.1) is 0 Å². The van der Waals surface area contributed by atoms with Gasteiger partial charge in [-0.25, -0.2) is 4.99 Å². The number of aliphatic imine (C=N–C) groups is 1. The summed E-state index contributed by atoms with van der Waals surface area (Å²) in [6.45, 7) is 11.8. The number of guanidine groups is 1. The van der Waals surface area contributed by atoms with Crippen molar-refractivity contribution in [1.82, 2.24) is 25.3 Å². The molecule has 0 saturated carbocycles. The van der Waals surface area contributed by atoms with Crippen LogP contribution in [0.3, 0.4) is 0 Å². The predicted octanol–water partition coefficient (Wildman–Crippen LogP) is 1.50. The van der Waals surface area contributed by atoms with Gasteiger partial charge in [-0.1, -0.05) is 24.3 Å². The third-order valence-electron chi connectivity index (χ3n) is 5.86. The van der Waals surface area contributed by atoms with Gasteiger partial charge in [-0.2, -0.15) is 0 Å². The van der Waals surface area contributed by atoms with Crippen LogP contribution in [0, 0.1) is 0 Å². The highest BCUT2D eigenvalue weighted by Crippen LogP contribution is 2.11. The SMILES string of the molecule is CCNC(=NCc1ccc(CN2CCN(C)CC2)cc1)NCCCN1CCCC1=O. The highest BCUT2D eigenvalue weighted by atomic mass is 16.2. The Kier molecular flexibility index (Phi) is 8.96. The molecule has 0 aromatic heterocycles. The molecule has 0 aliphatic carbocycles. The first-order chi connectivity index (χ1) is 14.6. The molecule has 2 aliphatic rings. The number of nitrogens with one attached hydrogen (secondary N) is 2. The Hall–Kier alpha value is -2.12. The maximum Gasteiger partial charge on any atom is 0.222 e. The molecule has 0 atom stereocenters. The number of benzene rings is 1. The van der Waals surface area contributed by atoms with E-state index in [1.54, 1.807) is 0 Å². The number of carbonyl (C=O) groups is 1. The van der Waals surface area contributed by atoms with Gasteiger partial charge in [0.25, 0.3) is 0 Å². The van der Waals surface area contributed by atoms with Crippen LogP contribution in [0.4, 0.5) is 0 Å². The minimum Gasteiger partial charge on any atom is -0.357 e. The van der Waals surface area contributed by atoms with Crippen LogP contribution in [-0.4, -0.2) is 86.0 Å². The van der Waals surface area contributed by atoms with Crippen LogP contribution in [0.25, 0.3) is 0 Å². The van der Waals surface area contributed by atoms with Gasteiger partial charge in [-0.3, -0.25) is 9.69 Å². The second kappa shape index (κ2) is 11.9. The lowest BCUT2D eigenvalue weighted by Crippen LogP contribution is -2.43. The fraction of sp³-hybridized carbons (Fsp3) is 0.652. The zero-order valence-corrected chi connectivity index (χ0v) is 18.7. The fourth-order valence-corrected chi connectivity index (χ4v) is 3.94. The minimum atomic E-state index is 0.298. The zero-order chi connectivity index (χ0) is 21.2. The van der Waals surface area contributed by atoms with Crippen molar-refractivity contribution in [3.63, 3.8) is 0 Å². The van der Waals surface area contributed by atoms with Gasteiger partial charge >= 0.3 is 0 Å². The van der Waals surface area contributed by atoms with Gasteiger partial charge in [0.15, 0.2) is 5.96 Å². The van der Waals surface area contributed by atoms with E-state index >= 15 is 0 Å². The first-order valence-corrected chi connectivity index (χ1v) is 11.4. The maximum atomic E-state index is 11.7. The van der Waals surface area contributed by atoms with Gasteiger partial charge in [0, 0.05) is 65.3 Å². The number of rotatable bonds is 9. The Bertz CT molecular complexity index is 681. The molecule has 0 unspecified atom stereocenters. The van der Waals surface area contributed by atoms with Gasteiger partial charge in [-0.05, 0) is 37.9 Å². The topological polar surface area (TPSA) is 63.2 Å². The average molecular weight is 415 g/mol. The van der Waals surface area contributed by atoms with Crippen molar-refractivity contribution in [2.45, 2.75) is 39.3 Å². The van der Waals surface area contributed by atoms with Gasteiger partial charge < -0.3 is 20.4 Å². The van der Waals surface area contributed by atoms with Crippen LogP contribution >= 0.6 is 0 Å². The normalized spacial score (nSPS) is 18.8. The summed E-state index contributed by atoms with van der Waals surface area (Å²) >= 11 is 0. The molecule has 2 saturated heterocycles. The molecule has 0 spiro atoms. The molecule has 1 aromatic rings. The Balaban J connectivity index is 1.41. The molecule has 2 aliphatic heterocycles. The Morgan fingerprint density at radius 3 is 2.43 bits per heavy atom. The maximum absolute atomic E-state index is 11.7. The summed E-state index contributed by atoms with van der Waals surface area (Å²) in [6, 6.07) is 8.85. The monoisotopic (exact) mass is 414 g/mol. The lowest BCUT2D eigenvalue weighted by Gasteiger charge is -2.32. The van der Waals surface area contributed by atoms with Crippen molar-refractivity contribution in [2.75, 3.05) is 59.4 Å². The van der Waals surface area contributed by atoms with Crippen molar-refractivity contribution < 1.29 is 4.79 Å². The van der Waals surface area contributed by atoms with E-state index in [0.717, 1.165) is 77.7 Å². The Morgan fingerprint density at radius 2 is 1.77 bits per heavy atom. The van der Waals surface area contributed by atoms with E-state index in [-0.39, 0.29) is 0 Å². The molecule has 7 nitrogen and oxygen atoms in total. The second-order valence-corrected chi connectivity index (χ2v) is 8.36. The van der Waals surface area contributed by atoms with Crippen molar-refractivity contribution in [3.05, 3.63) is 35.4 Å². The molecule has 2 heterocycles. The van der Waals surface area contributed by atoms with Crippen molar-refractivity contribution in [2.24, 2.45) is 4.99 Å². The van der Waals surface area contributed by atoms with E-state index < -0.39 is 0 Å². The van der Waals surface area contributed by atoms with E-state index in [2.05, 4.69) is 58.7 Å². The summed E-state index contributed by atoms with van der Waals surface area (Å²) in [5, 5.41) is 6.70. The second-order valence-electron chi connectivity index (χ2n) is 8.36. The molecule has 0 bridgehead atoms. The van der Waals surface area contributed by atoms with Crippen molar-refractivity contribution in [3.8, 4) is 0 Å². The van der Waals surface area contributed by atoms with Gasteiger partial charge in [0.05, 0.1) is 6.54 Å². The molecule has 2 fully saturated rings. The lowest BCUT2D eigenvalue weighted by molar-refractivity contribution is -0.127. The summed E-state index contributed by atoms with van der Waals surface area (Å²) in [5.74, 6) is 1.14. The molecule has 3 rings (SSSR count). The van der Waals surface area contributed by atoms with Crippen LogP contribution in [0.5, 0.6) is 0 Å². The predicted molar refractivity (Wildman–Crippen MR) is 122 cm³/mol. The number of carbonyl (C=O) groups excluding carboxylic acids is 1. The molecule has 1 amide bonds. The molecule has 166 valence electrons. The Morgan fingerprint density at radius 1 is 1.03 bits per heavy atom. The number of piperazine rings is 1. The van der Waals surface area contributed by atoms with E-state index in [9.17, 15) is 4.79 Å². The highest BCUT2D eigenvalue weighted by Gasteiger charge is 2.19. The van der Waals surface area contributed by atoms with Crippen molar-refractivity contribution in [1.29, 1.82) is 0 Å². The lowest BCUT2D eigenvalue weighted by atomic mass is 10.1. The molecular formula is C23H38N6O. The first kappa shape index (κ1) is 22.6. The van der Waals surface area contributed by atoms with Crippen LogP contribution in [0.1, 0.15) is 37.3 Å². The smallest absolute Gasteiger partial charge is 0.222 e. The molecule has 0 radical (unpaired) electrons. The summed E-state index contributed by atoms with van der Waals surface area (Å²) in [5.41, 5.74) is 2.59. The summed E-state index contributed by atoms with van der Waals surface area (Å²) in [7, 11) is 2.19. The van der Waals surface area contributed by atoms with Gasteiger partial charge in [0.2, 0.25) is 5.91 Å². The van der Waals surface area contributed by atoms with Crippen LogP contribution in [-0.2, 0) is 17.9 Å². The van der Waals surface area contributed by atoms with Crippen LogP contribution in [0.15, 0.2) is 29.3 Å². The largest absolute Gasteiger partial charge is 0.357 e. The summed E-state index contributed by atoms with van der Waals surface area (Å²) in [6.07, 6.45) is 2.66. The molecule has 30 heavy (non-hydrogen) atoms. The first-order valence-electron chi connectivity index (χ1n) is 11.4. The Labute approximate surface area is 181 Å².